The average molecular weight is 371 g/mol. The summed E-state index contributed by atoms with van der Waals surface area (Å²) >= 11 is 0. The topological polar surface area (TPSA) is 9.23 Å². The molecule has 0 N–H and O–H groups in total. The molecular formula is C26H42O. The van der Waals surface area contributed by atoms with Gasteiger partial charge in [0.15, 0.2) is 0 Å². The molecule has 0 radical (unpaired) electrons. The molecule has 1 aromatic carbocycles. The number of hydrogen-bond donors (Lipinski definition) is 0. The van der Waals surface area contributed by atoms with Gasteiger partial charge in [0.1, 0.15) is 0 Å². The van der Waals surface area contributed by atoms with E-state index in [1.807, 2.05) is 0 Å². The summed E-state index contributed by atoms with van der Waals surface area (Å²) in [5, 5.41) is 0. The molecule has 0 aliphatic heterocycles. The van der Waals surface area contributed by atoms with E-state index in [0.29, 0.717) is 0 Å². The van der Waals surface area contributed by atoms with Gasteiger partial charge in [0.2, 0.25) is 0 Å². The van der Waals surface area contributed by atoms with Crippen molar-refractivity contribution < 1.29 is 4.74 Å². The lowest BCUT2D eigenvalue weighted by atomic mass is 10.1. The Hall–Kier alpha value is -1.34. The summed E-state index contributed by atoms with van der Waals surface area (Å²) in [4.78, 5) is 0. The maximum absolute atomic E-state index is 5.65. The van der Waals surface area contributed by atoms with Crippen molar-refractivity contribution in [2.24, 2.45) is 5.92 Å². The van der Waals surface area contributed by atoms with E-state index in [4.69, 9.17) is 4.74 Å². The lowest BCUT2D eigenvalue weighted by Crippen LogP contribution is -1.98. The Kier molecular flexibility index (Phi) is 15.8. The molecule has 0 aliphatic carbocycles. The Bertz CT molecular complexity index is 472. The van der Waals surface area contributed by atoms with Crippen LogP contribution < -0.4 is 0 Å². The van der Waals surface area contributed by atoms with E-state index >= 15 is 0 Å². The summed E-state index contributed by atoms with van der Waals surface area (Å²) < 4.78 is 5.65. The van der Waals surface area contributed by atoms with Gasteiger partial charge in [0, 0.05) is 6.61 Å². The van der Waals surface area contributed by atoms with Crippen LogP contribution in [0.3, 0.4) is 0 Å². The molecule has 0 unspecified atom stereocenters. The van der Waals surface area contributed by atoms with E-state index in [2.05, 4.69) is 68.5 Å². The Labute approximate surface area is 168 Å². The lowest BCUT2D eigenvalue weighted by molar-refractivity contribution is 0.132. The summed E-state index contributed by atoms with van der Waals surface area (Å²) in [6, 6.07) is 10.8. The van der Waals surface area contributed by atoms with Gasteiger partial charge < -0.3 is 4.74 Å². The molecule has 0 heterocycles. The Morgan fingerprint density at radius 2 is 1.33 bits per heavy atom. The highest BCUT2D eigenvalue weighted by Gasteiger charge is 1.93. The van der Waals surface area contributed by atoms with Gasteiger partial charge >= 0.3 is 0 Å². The van der Waals surface area contributed by atoms with E-state index in [1.165, 1.54) is 56.9 Å². The maximum atomic E-state index is 5.65. The molecule has 1 aromatic rings. The van der Waals surface area contributed by atoms with Gasteiger partial charge in [-0.2, -0.15) is 0 Å². The zero-order valence-electron chi connectivity index (χ0n) is 17.9. The largest absolute Gasteiger partial charge is 0.381 e. The molecule has 0 aromatic heterocycles. The molecule has 0 amide bonds. The first-order chi connectivity index (χ1) is 13.3. The Morgan fingerprint density at radius 1 is 0.704 bits per heavy atom. The second kappa shape index (κ2) is 18.0. The molecule has 1 rings (SSSR count). The highest BCUT2D eigenvalue weighted by Crippen LogP contribution is 2.08. The highest BCUT2D eigenvalue weighted by molar-refractivity contribution is 5.15. The smallest absolute Gasteiger partial charge is 0.0500 e. The van der Waals surface area contributed by atoms with Crippen molar-refractivity contribution in [2.75, 3.05) is 13.2 Å². The maximum Gasteiger partial charge on any atom is 0.0500 e. The van der Waals surface area contributed by atoms with Crippen LogP contribution in [0.5, 0.6) is 0 Å². The summed E-state index contributed by atoms with van der Waals surface area (Å²) in [5.41, 5.74) is 1.44. The summed E-state index contributed by atoms with van der Waals surface area (Å²) in [5.74, 6) is 0.796. The summed E-state index contributed by atoms with van der Waals surface area (Å²) in [6.07, 6.45) is 23.0. The van der Waals surface area contributed by atoms with Crippen LogP contribution in [0.2, 0.25) is 0 Å². The number of ether oxygens (including phenoxy) is 1. The van der Waals surface area contributed by atoms with Crippen molar-refractivity contribution in [1.82, 2.24) is 0 Å². The van der Waals surface area contributed by atoms with Crippen LogP contribution in [-0.2, 0) is 11.2 Å². The van der Waals surface area contributed by atoms with E-state index in [0.717, 1.165) is 38.4 Å². The van der Waals surface area contributed by atoms with E-state index in [-0.39, 0.29) is 0 Å². The van der Waals surface area contributed by atoms with Gasteiger partial charge in [-0.3, -0.25) is 0 Å². The number of unbranched alkanes of at least 4 members (excludes halogenated alkanes) is 5. The number of hydrogen-bond acceptors (Lipinski definition) is 1. The summed E-state index contributed by atoms with van der Waals surface area (Å²) in [7, 11) is 0. The van der Waals surface area contributed by atoms with Crippen molar-refractivity contribution in [3.63, 3.8) is 0 Å². The average Bonchev–Trinajstić information content (AvgIpc) is 2.67. The second-order valence-corrected chi connectivity index (χ2v) is 7.90. The van der Waals surface area contributed by atoms with Crippen LogP contribution in [0.25, 0.3) is 0 Å². The minimum atomic E-state index is 0.796. The SMILES string of the molecule is CC(C)CCCOCC/C=C/CCCCCC/C=C/CCc1ccccc1. The number of aryl methyl sites for hydroxylation is 1. The standard InChI is InChI=1S/C26H42O/c1-25(2)19-18-24-27-23-17-12-10-8-6-4-3-5-7-9-11-14-20-26-21-15-13-16-22-26/h9-13,15-16,21-22,25H,3-8,14,17-20,23-24H2,1-2H3/b11-9+,12-10+. The molecule has 27 heavy (non-hydrogen) atoms. The predicted molar refractivity (Wildman–Crippen MR) is 120 cm³/mol. The van der Waals surface area contributed by atoms with E-state index in [1.54, 1.807) is 0 Å². The zero-order valence-corrected chi connectivity index (χ0v) is 17.9. The van der Waals surface area contributed by atoms with Gasteiger partial charge in [-0.1, -0.05) is 81.3 Å². The van der Waals surface area contributed by atoms with Crippen LogP contribution in [0.1, 0.15) is 83.6 Å². The third-order valence-electron chi connectivity index (χ3n) is 4.77. The summed E-state index contributed by atoms with van der Waals surface area (Å²) in [6.45, 7) is 6.34. The highest BCUT2D eigenvalue weighted by atomic mass is 16.5. The molecule has 0 bridgehead atoms. The molecule has 152 valence electrons. The molecule has 0 aliphatic rings. The van der Waals surface area contributed by atoms with Crippen LogP contribution in [0.4, 0.5) is 0 Å². The van der Waals surface area contributed by atoms with Gasteiger partial charge in [-0.05, 0) is 69.3 Å². The molecular weight excluding hydrogens is 328 g/mol. The van der Waals surface area contributed by atoms with Crippen molar-refractivity contribution >= 4 is 0 Å². The third kappa shape index (κ3) is 16.6. The first-order valence-electron chi connectivity index (χ1n) is 11.2. The third-order valence-corrected chi connectivity index (χ3v) is 4.77. The lowest BCUT2D eigenvalue weighted by Gasteiger charge is -2.04. The zero-order chi connectivity index (χ0) is 19.4. The van der Waals surface area contributed by atoms with Crippen LogP contribution in [0.15, 0.2) is 54.6 Å². The second-order valence-electron chi connectivity index (χ2n) is 7.90. The van der Waals surface area contributed by atoms with Crippen molar-refractivity contribution in [3.8, 4) is 0 Å². The fraction of sp³-hybridized carbons (Fsp3) is 0.615. The quantitative estimate of drug-likeness (QED) is 0.200. The van der Waals surface area contributed by atoms with E-state index in [9.17, 15) is 0 Å². The monoisotopic (exact) mass is 370 g/mol. The number of allylic oxidation sites excluding steroid dienone is 3. The number of rotatable bonds is 17. The minimum Gasteiger partial charge on any atom is -0.381 e. The van der Waals surface area contributed by atoms with Crippen LogP contribution in [-0.4, -0.2) is 13.2 Å². The molecule has 1 nitrogen and oxygen atoms in total. The van der Waals surface area contributed by atoms with Crippen molar-refractivity contribution in [1.29, 1.82) is 0 Å². The van der Waals surface area contributed by atoms with Gasteiger partial charge in [0.25, 0.3) is 0 Å². The normalized spacial score (nSPS) is 12.0. The Morgan fingerprint density at radius 3 is 2.00 bits per heavy atom. The van der Waals surface area contributed by atoms with Gasteiger partial charge in [0.05, 0.1) is 6.61 Å². The van der Waals surface area contributed by atoms with Gasteiger partial charge in [-0.25, -0.2) is 0 Å². The molecule has 0 spiro atoms. The fourth-order valence-electron chi connectivity index (χ4n) is 3.09. The molecule has 0 fully saturated rings. The first-order valence-corrected chi connectivity index (χ1v) is 11.2. The molecule has 0 saturated heterocycles. The Balaban J connectivity index is 1.79. The van der Waals surface area contributed by atoms with E-state index < -0.39 is 0 Å². The van der Waals surface area contributed by atoms with Crippen LogP contribution in [0, 0.1) is 5.92 Å². The predicted octanol–water partition coefficient (Wildman–Crippen LogP) is 7.92. The number of benzene rings is 1. The van der Waals surface area contributed by atoms with Crippen molar-refractivity contribution in [2.45, 2.75) is 84.5 Å². The van der Waals surface area contributed by atoms with Crippen molar-refractivity contribution in [3.05, 3.63) is 60.2 Å². The molecule has 0 saturated carbocycles. The fourth-order valence-corrected chi connectivity index (χ4v) is 3.09. The minimum absolute atomic E-state index is 0.796. The van der Waals surface area contributed by atoms with Crippen LogP contribution >= 0.6 is 0 Å². The first kappa shape index (κ1) is 23.7. The molecule has 1 heteroatoms. The molecule has 0 atom stereocenters. The van der Waals surface area contributed by atoms with Gasteiger partial charge in [-0.15, -0.1) is 0 Å².